The molecule has 2 aromatic carbocycles. The van der Waals surface area contributed by atoms with E-state index < -0.39 is 11.6 Å². The van der Waals surface area contributed by atoms with Gasteiger partial charge >= 0.3 is 0 Å². The van der Waals surface area contributed by atoms with E-state index in [0.29, 0.717) is 30.1 Å². The van der Waals surface area contributed by atoms with Crippen LogP contribution in [0.4, 0.5) is 13.2 Å². The summed E-state index contributed by atoms with van der Waals surface area (Å²) in [4.78, 5) is 0. The van der Waals surface area contributed by atoms with Gasteiger partial charge in [0.05, 0.1) is 6.61 Å². The minimum absolute atomic E-state index is 0.0844. The fraction of sp³-hybridized carbons (Fsp3) is 0.500. The number of aryl methyl sites for hydroxylation is 2. The van der Waals surface area contributed by atoms with E-state index in [9.17, 15) is 13.2 Å². The highest BCUT2D eigenvalue weighted by atomic mass is 19.2. The van der Waals surface area contributed by atoms with Crippen LogP contribution in [-0.2, 0) is 17.6 Å². The van der Waals surface area contributed by atoms with Crippen molar-refractivity contribution in [3.8, 4) is 0 Å². The van der Waals surface area contributed by atoms with Gasteiger partial charge in [-0.05, 0) is 79.5 Å². The third kappa shape index (κ3) is 4.12. The molecular weight excluding hydrogens is 361 g/mol. The summed E-state index contributed by atoms with van der Waals surface area (Å²) in [5.74, 6) is -0.887. The summed E-state index contributed by atoms with van der Waals surface area (Å²) in [5.41, 5.74) is 2.66. The van der Waals surface area contributed by atoms with Crippen molar-refractivity contribution in [2.24, 2.45) is 5.92 Å². The average Bonchev–Trinajstić information content (AvgIpc) is 3.54. The van der Waals surface area contributed by atoms with E-state index in [4.69, 9.17) is 4.74 Å². The molecule has 1 heterocycles. The van der Waals surface area contributed by atoms with Gasteiger partial charge in [-0.3, -0.25) is 0 Å². The highest BCUT2D eigenvalue weighted by molar-refractivity contribution is 5.32. The van der Waals surface area contributed by atoms with Crippen LogP contribution in [0.1, 0.15) is 73.3 Å². The van der Waals surface area contributed by atoms with Crippen LogP contribution in [0.2, 0.25) is 0 Å². The maximum Gasteiger partial charge on any atom is 0.165 e. The second kappa shape index (κ2) is 8.28. The topological polar surface area (TPSA) is 12.5 Å². The molecule has 4 rings (SSSR count). The Bertz CT molecular complexity index is 836. The van der Waals surface area contributed by atoms with Crippen molar-refractivity contribution in [2.75, 3.05) is 6.61 Å². The molecule has 28 heavy (non-hydrogen) atoms. The highest BCUT2D eigenvalue weighted by Crippen LogP contribution is 2.41. The molecule has 0 spiro atoms. The van der Waals surface area contributed by atoms with Crippen LogP contribution < -0.4 is 0 Å². The van der Waals surface area contributed by atoms with Gasteiger partial charge in [-0.25, -0.2) is 13.2 Å². The molecular formula is C24H27F3O. The molecule has 0 radical (unpaired) electrons. The molecule has 0 aromatic heterocycles. The van der Waals surface area contributed by atoms with E-state index in [2.05, 4.69) is 0 Å². The molecule has 0 amide bonds. The minimum atomic E-state index is -0.736. The van der Waals surface area contributed by atoms with Crippen LogP contribution in [0.3, 0.4) is 0 Å². The average molecular weight is 388 g/mol. The zero-order valence-electron chi connectivity index (χ0n) is 16.3. The van der Waals surface area contributed by atoms with E-state index in [1.165, 1.54) is 0 Å². The lowest BCUT2D eigenvalue weighted by atomic mass is 9.76. The van der Waals surface area contributed by atoms with Gasteiger partial charge < -0.3 is 4.74 Å². The highest BCUT2D eigenvalue weighted by Gasteiger charge is 2.32. The molecule has 0 N–H and O–H groups in total. The van der Waals surface area contributed by atoms with Crippen molar-refractivity contribution in [1.29, 1.82) is 0 Å². The normalized spacial score (nSPS) is 24.4. The van der Waals surface area contributed by atoms with E-state index in [1.54, 1.807) is 18.2 Å². The summed E-state index contributed by atoms with van der Waals surface area (Å²) >= 11 is 0. The molecule has 1 saturated heterocycles. The fourth-order valence-corrected chi connectivity index (χ4v) is 4.54. The number of hydrogen-bond acceptors (Lipinski definition) is 1. The van der Waals surface area contributed by atoms with Crippen molar-refractivity contribution in [1.82, 2.24) is 0 Å². The van der Waals surface area contributed by atoms with Crippen molar-refractivity contribution in [2.45, 2.75) is 63.9 Å². The molecule has 1 saturated carbocycles. The Kier molecular flexibility index (Phi) is 5.77. The second-order valence-electron chi connectivity index (χ2n) is 8.23. The first kappa shape index (κ1) is 19.5. The number of halogens is 3. The maximum absolute atomic E-state index is 14.5. The van der Waals surface area contributed by atoms with E-state index in [-0.39, 0.29) is 17.8 Å². The zero-order chi connectivity index (χ0) is 19.7. The van der Waals surface area contributed by atoms with Crippen LogP contribution in [0.15, 0.2) is 30.3 Å². The van der Waals surface area contributed by atoms with Crippen molar-refractivity contribution in [3.05, 3.63) is 70.0 Å². The Morgan fingerprint density at radius 2 is 1.61 bits per heavy atom. The molecule has 4 heteroatoms. The molecule has 2 aliphatic rings. The molecule has 150 valence electrons. The quantitative estimate of drug-likeness (QED) is 0.505. The Balaban J connectivity index is 1.32. The summed E-state index contributed by atoms with van der Waals surface area (Å²) < 4.78 is 47.8. The maximum atomic E-state index is 14.5. The minimum Gasteiger partial charge on any atom is -0.368 e. The van der Waals surface area contributed by atoms with Gasteiger partial charge in [0.2, 0.25) is 0 Å². The summed E-state index contributed by atoms with van der Waals surface area (Å²) in [6.45, 7) is 2.43. The molecule has 1 atom stereocenters. The van der Waals surface area contributed by atoms with Crippen LogP contribution in [0, 0.1) is 23.4 Å². The fourth-order valence-electron chi connectivity index (χ4n) is 4.54. The number of rotatable bonds is 6. The summed E-state index contributed by atoms with van der Waals surface area (Å²) in [6, 6.07) is 9.00. The molecule has 1 nitrogen and oxygen atoms in total. The van der Waals surface area contributed by atoms with Crippen molar-refractivity contribution >= 4 is 0 Å². The molecule has 1 aliphatic heterocycles. The standard InChI is InChI=1S/C24H27F3O/c1-2-17-8-7-16(13-21(17)25)4-3-15-5-9-18(10-6-15)19-11-12-20(22-14-28-22)24(27)23(19)26/h7-8,11-13,15,18,22H,2-6,9-10,14H2,1H3. The third-order valence-corrected chi connectivity index (χ3v) is 6.45. The first-order valence-electron chi connectivity index (χ1n) is 10.4. The largest absolute Gasteiger partial charge is 0.368 e. The zero-order valence-corrected chi connectivity index (χ0v) is 16.3. The third-order valence-electron chi connectivity index (χ3n) is 6.45. The van der Waals surface area contributed by atoms with Crippen LogP contribution in [0.25, 0.3) is 0 Å². The Morgan fingerprint density at radius 3 is 2.25 bits per heavy atom. The smallest absolute Gasteiger partial charge is 0.165 e. The van der Waals surface area contributed by atoms with Gasteiger partial charge in [-0.15, -0.1) is 0 Å². The van der Waals surface area contributed by atoms with Crippen LogP contribution in [-0.4, -0.2) is 6.61 Å². The molecule has 2 fully saturated rings. The van der Waals surface area contributed by atoms with E-state index in [0.717, 1.165) is 49.7 Å². The molecule has 0 bridgehead atoms. The number of epoxide rings is 1. The Morgan fingerprint density at radius 1 is 0.929 bits per heavy atom. The molecule has 1 aliphatic carbocycles. The predicted octanol–water partition coefficient (Wildman–Crippen LogP) is 6.64. The van der Waals surface area contributed by atoms with Gasteiger partial charge in [-0.2, -0.15) is 0 Å². The lowest BCUT2D eigenvalue weighted by Crippen LogP contribution is -2.16. The summed E-state index contributed by atoms with van der Waals surface area (Å²) in [6.07, 6.45) is 6.11. The van der Waals surface area contributed by atoms with E-state index >= 15 is 0 Å². The Labute approximate surface area is 164 Å². The SMILES string of the molecule is CCc1ccc(CCC2CCC(c3ccc(C4CO4)c(F)c3F)CC2)cc1F. The summed E-state index contributed by atoms with van der Waals surface area (Å²) in [7, 11) is 0. The van der Waals surface area contributed by atoms with Gasteiger partial charge in [0, 0.05) is 5.56 Å². The second-order valence-corrected chi connectivity index (χ2v) is 8.23. The van der Waals surface area contributed by atoms with E-state index in [1.807, 2.05) is 19.1 Å². The number of hydrogen-bond donors (Lipinski definition) is 0. The van der Waals surface area contributed by atoms with Gasteiger partial charge in [0.15, 0.2) is 11.6 Å². The van der Waals surface area contributed by atoms with Crippen LogP contribution >= 0.6 is 0 Å². The predicted molar refractivity (Wildman–Crippen MR) is 104 cm³/mol. The Hall–Kier alpha value is -1.81. The first-order valence-corrected chi connectivity index (χ1v) is 10.4. The van der Waals surface area contributed by atoms with Crippen molar-refractivity contribution in [3.63, 3.8) is 0 Å². The van der Waals surface area contributed by atoms with Gasteiger partial charge in [-0.1, -0.05) is 31.2 Å². The number of benzene rings is 2. The van der Waals surface area contributed by atoms with Crippen LogP contribution in [0.5, 0.6) is 0 Å². The lowest BCUT2D eigenvalue weighted by molar-refractivity contribution is 0.304. The lowest BCUT2D eigenvalue weighted by Gasteiger charge is -2.29. The van der Waals surface area contributed by atoms with Crippen molar-refractivity contribution < 1.29 is 17.9 Å². The van der Waals surface area contributed by atoms with Gasteiger partial charge in [0.25, 0.3) is 0 Å². The summed E-state index contributed by atoms with van der Waals surface area (Å²) in [5, 5.41) is 0. The monoisotopic (exact) mass is 388 g/mol. The molecule has 2 aromatic rings. The number of ether oxygens (including phenoxy) is 1. The molecule has 1 unspecified atom stereocenters. The van der Waals surface area contributed by atoms with Gasteiger partial charge in [0.1, 0.15) is 11.9 Å². The first-order chi connectivity index (χ1) is 13.6.